The Morgan fingerprint density at radius 3 is 2.50 bits per heavy atom. The minimum Gasteiger partial charge on any atom is -0.326 e. The van der Waals surface area contributed by atoms with Crippen molar-refractivity contribution >= 4 is 0 Å². The third-order valence-electron chi connectivity index (χ3n) is 1.91. The quantitative estimate of drug-likeness (QED) is 0.693. The lowest BCUT2D eigenvalue weighted by atomic mass is 9.94. The van der Waals surface area contributed by atoms with Gasteiger partial charge in [0, 0.05) is 12.1 Å². The Hall–Kier alpha value is -0.860. The van der Waals surface area contributed by atoms with E-state index in [0.29, 0.717) is 6.54 Å². The molecule has 0 spiro atoms. The van der Waals surface area contributed by atoms with E-state index in [0.717, 1.165) is 11.1 Å². The van der Waals surface area contributed by atoms with Crippen LogP contribution < -0.4 is 11.5 Å². The number of hydrogen-bond donors (Lipinski definition) is 2. The van der Waals surface area contributed by atoms with Gasteiger partial charge in [-0.1, -0.05) is 24.3 Å². The second-order valence-electron chi connectivity index (χ2n) is 3.63. The van der Waals surface area contributed by atoms with Crippen LogP contribution in [0.25, 0.3) is 0 Å². The van der Waals surface area contributed by atoms with E-state index in [9.17, 15) is 0 Å². The molecule has 12 heavy (non-hydrogen) atoms. The Labute approximate surface area is 73.6 Å². The van der Waals surface area contributed by atoms with E-state index in [1.165, 1.54) is 0 Å². The van der Waals surface area contributed by atoms with E-state index in [4.69, 9.17) is 11.5 Å². The largest absolute Gasteiger partial charge is 0.326 e. The van der Waals surface area contributed by atoms with E-state index < -0.39 is 0 Å². The molecule has 0 heterocycles. The number of nitrogens with two attached hydrogens (primary N) is 2. The average Bonchev–Trinajstić information content (AvgIpc) is 2.03. The Bertz CT molecular complexity index is 261. The van der Waals surface area contributed by atoms with Crippen LogP contribution in [0.3, 0.4) is 0 Å². The van der Waals surface area contributed by atoms with Gasteiger partial charge in [0.15, 0.2) is 0 Å². The van der Waals surface area contributed by atoms with Gasteiger partial charge < -0.3 is 11.5 Å². The minimum absolute atomic E-state index is 0.273. The molecule has 0 amide bonds. The molecule has 0 saturated carbocycles. The second kappa shape index (κ2) is 3.25. The van der Waals surface area contributed by atoms with Crippen molar-refractivity contribution in [3.8, 4) is 0 Å². The molecule has 0 aliphatic heterocycles. The predicted molar refractivity (Wildman–Crippen MR) is 51.5 cm³/mol. The first kappa shape index (κ1) is 9.23. The fourth-order valence-corrected chi connectivity index (χ4v) is 1.10. The zero-order valence-corrected chi connectivity index (χ0v) is 7.67. The lowest BCUT2D eigenvalue weighted by Crippen LogP contribution is -2.28. The summed E-state index contributed by atoms with van der Waals surface area (Å²) in [6, 6.07) is 8.08. The van der Waals surface area contributed by atoms with Crippen molar-refractivity contribution in [2.45, 2.75) is 25.9 Å². The summed E-state index contributed by atoms with van der Waals surface area (Å²) in [5.41, 5.74) is 13.4. The number of rotatable bonds is 2. The van der Waals surface area contributed by atoms with Crippen molar-refractivity contribution in [1.29, 1.82) is 0 Å². The first-order chi connectivity index (χ1) is 5.54. The highest BCUT2D eigenvalue weighted by Gasteiger charge is 2.13. The van der Waals surface area contributed by atoms with Gasteiger partial charge in [0.25, 0.3) is 0 Å². The molecule has 0 bridgehead atoms. The van der Waals surface area contributed by atoms with Crippen molar-refractivity contribution in [2.24, 2.45) is 11.5 Å². The summed E-state index contributed by atoms with van der Waals surface area (Å²) in [5.74, 6) is 0. The van der Waals surface area contributed by atoms with Crippen molar-refractivity contribution < 1.29 is 0 Å². The van der Waals surface area contributed by atoms with Crippen LogP contribution in [0, 0.1) is 0 Å². The SMILES string of the molecule is CC(C)(N)c1cccc(CN)c1. The first-order valence-electron chi connectivity index (χ1n) is 4.12. The third kappa shape index (κ3) is 2.06. The van der Waals surface area contributed by atoms with E-state index in [2.05, 4.69) is 6.07 Å². The van der Waals surface area contributed by atoms with E-state index in [1.54, 1.807) is 0 Å². The third-order valence-corrected chi connectivity index (χ3v) is 1.91. The summed E-state index contributed by atoms with van der Waals surface area (Å²) in [5, 5.41) is 0. The van der Waals surface area contributed by atoms with Gasteiger partial charge in [0.1, 0.15) is 0 Å². The highest BCUT2D eigenvalue weighted by Crippen LogP contribution is 2.17. The fraction of sp³-hybridized carbons (Fsp3) is 0.400. The van der Waals surface area contributed by atoms with Crippen molar-refractivity contribution in [1.82, 2.24) is 0 Å². The van der Waals surface area contributed by atoms with Crippen molar-refractivity contribution in [2.75, 3.05) is 0 Å². The molecule has 2 heteroatoms. The lowest BCUT2D eigenvalue weighted by Gasteiger charge is -2.19. The van der Waals surface area contributed by atoms with Gasteiger partial charge in [-0.2, -0.15) is 0 Å². The van der Waals surface area contributed by atoms with Crippen LogP contribution >= 0.6 is 0 Å². The van der Waals surface area contributed by atoms with Crippen molar-refractivity contribution in [3.63, 3.8) is 0 Å². The number of hydrogen-bond acceptors (Lipinski definition) is 2. The van der Waals surface area contributed by atoms with E-state index in [-0.39, 0.29) is 5.54 Å². The maximum Gasteiger partial charge on any atom is 0.0352 e. The second-order valence-corrected chi connectivity index (χ2v) is 3.63. The van der Waals surface area contributed by atoms with Gasteiger partial charge in [-0.3, -0.25) is 0 Å². The van der Waals surface area contributed by atoms with E-state index >= 15 is 0 Å². The molecule has 0 aliphatic carbocycles. The van der Waals surface area contributed by atoms with Crippen LogP contribution in [0.1, 0.15) is 25.0 Å². The molecule has 0 saturated heterocycles. The van der Waals surface area contributed by atoms with E-state index in [1.807, 2.05) is 32.0 Å². The topological polar surface area (TPSA) is 52.0 Å². The van der Waals surface area contributed by atoms with Crippen LogP contribution in [0.4, 0.5) is 0 Å². The van der Waals surface area contributed by atoms with Crippen LogP contribution in [-0.4, -0.2) is 0 Å². The Morgan fingerprint density at radius 1 is 1.33 bits per heavy atom. The molecule has 1 aromatic rings. The molecule has 0 atom stereocenters. The Morgan fingerprint density at radius 2 is 2.00 bits per heavy atom. The average molecular weight is 164 g/mol. The molecular formula is C10H16N2. The predicted octanol–water partition coefficient (Wildman–Crippen LogP) is 1.34. The summed E-state index contributed by atoms with van der Waals surface area (Å²) in [6.45, 7) is 4.55. The van der Waals surface area contributed by atoms with Crippen molar-refractivity contribution in [3.05, 3.63) is 35.4 Å². The maximum absolute atomic E-state index is 5.94. The summed E-state index contributed by atoms with van der Waals surface area (Å²) in [4.78, 5) is 0. The molecule has 0 fully saturated rings. The molecule has 4 N–H and O–H groups in total. The first-order valence-corrected chi connectivity index (χ1v) is 4.12. The van der Waals surface area contributed by atoms with Crippen LogP contribution in [0.2, 0.25) is 0 Å². The normalized spacial score (nSPS) is 11.7. The molecular weight excluding hydrogens is 148 g/mol. The summed E-state index contributed by atoms with van der Waals surface area (Å²) in [7, 11) is 0. The summed E-state index contributed by atoms with van der Waals surface area (Å²) < 4.78 is 0. The fourth-order valence-electron chi connectivity index (χ4n) is 1.10. The lowest BCUT2D eigenvalue weighted by molar-refractivity contribution is 0.553. The van der Waals surface area contributed by atoms with Crippen LogP contribution in [-0.2, 0) is 12.1 Å². The molecule has 0 aliphatic rings. The highest BCUT2D eigenvalue weighted by molar-refractivity contribution is 5.28. The zero-order valence-electron chi connectivity index (χ0n) is 7.67. The summed E-state index contributed by atoms with van der Waals surface area (Å²) in [6.07, 6.45) is 0. The number of benzene rings is 1. The van der Waals surface area contributed by atoms with Gasteiger partial charge in [-0.05, 0) is 25.0 Å². The Kier molecular flexibility index (Phi) is 2.50. The van der Waals surface area contributed by atoms with Gasteiger partial charge in [-0.25, -0.2) is 0 Å². The molecule has 1 aromatic carbocycles. The van der Waals surface area contributed by atoms with Crippen LogP contribution in [0.5, 0.6) is 0 Å². The van der Waals surface area contributed by atoms with Gasteiger partial charge in [0.05, 0.1) is 0 Å². The van der Waals surface area contributed by atoms with Gasteiger partial charge in [0.2, 0.25) is 0 Å². The molecule has 2 nitrogen and oxygen atoms in total. The van der Waals surface area contributed by atoms with Gasteiger partial charge >= 0.3 is 0 Å². The maximum atomic E-state index is 5.94. The molecule has 1 rings (SSSR count). The Balaban J connectivity index is 3.02. The molecule has 0 radical (unpaired) electrons. The standard InChI is InChI=1S/C10H16N2/c1-10(2,12)9-5-3-4-8(6-9)7-11/h3-6H,7,11-12H2,1-2H3. The van der Waals surface area contributed by atoms with Gasteiger partial charge in [-0.15, -0.1) is 0 Å². The molecule has 0 aromatic heterocycles. The smallest absolute Gasteiger partial charge is 0.0352 e. The highest BCUT2D eigenvalue weighted by atomic mass is 14.7. The van der Waals surface area contributed by atoms with Crippen LogP contribution in [0.15, 0.2) is 24.3 Å². The monoisotopic (exact) mass is 164 g/mol. The summed E-state index contributed by atoms with van der Waals surface area (Å²) >= 11 is 0. The molecule has 0 unspecified atom stereocenters. The molecule has 66 valence electrons. The minimum atomic E-state index is -0.273. The zero-order chi connectivity index (χ0) is 9.19.